The summed E-state index contributed by atoms with van der Waals surface area (Å²) >= 11 is 0. The van der Waals surface area contributed by atoms with Crippen LogP contribution in [0.25, 0.3) is 0 Å². The molecule has 0 unspecified atom stereocenters. The first-order chi connectivity index (χ1) is 13.5. The quantitative estimate of drug-likeness (QED) is 0.820. The highest BCUT2D eigenvalue weighted by Gasteiger charge is 2.21. The molecule has 2 aromatic rings. The van der Waals surface area contributed by atoms with Gasteiger partial charge >= 0.3 is 0 Å². The zero-order valence-electron chi connectivity index (χ0n) is 15.4. The van der Waals surface area contributed by atoms with Gasteiger partial charge in [-0.1, -0.05) is 6.07 Å². The zero-order valence-corrected chi connectivity index (χ0v) is 15.4. The van der Waals surface area contributed by atoms with Gasteiger partial charge in [0.15, 0.2) is 0 Å². The Morgan fingerprint density at radius 2 is 1.86 bits per heavy atom. The van der Waals surface area contributed by atoms with E-state index >= 15 is 0 Å². The summed E-state index contributed by atoms with van der Waals surface area (Å²) in [6.07, 6.45) is 1.90. The minimum Gasteiger partial charge on any atom is -0.351 e. The molecule has 2 heterocycles. The molecule has 1 aromatic heterocycles. The first kappa shape index (κ1) is 19.9. The number of hydrogen-bond donors (Lipinski definition) is 1. The standard InChI is InChI=1S/C20H22F2N4O2/c21-15-4-5-17(18(22)13-15)20(28)24-8-6-19(27)26-11-9-25(10-12-26)14-16-3-1-2-7-23-16/h1-5,7,13H,6,8-12,14H2,(H,24,28). The Morgan fingerprint density at radius 3 is 2.54 bits per heavy atom. The number of carbonyl (C=O) groups is 2. The van der Waals surface area contributed by atoms with E-state index in [1.54, 1.807) is 11.1 Å². The van der Waals surface area contributed by atoms with Gasteiger partial charge in [-0.3, -0.25) is 19.5 Å². The predicted octanol–water partition coefficient (Wildman–Crippen LogP) is 1.82. The topological polar surface area (TPSA) is 65.5 Å². The normalized spacial score (nSPS) is 14.7. The fourth-order valence-electron chi connectivity index (χ4n) is 3.09. The Bertz CT molecular complexity index is 824. The summed E-state index contributed by atoms with van der Waals surface area (Å²) in [6.45, 7) is 3.61. The van der Waals surface area contributed by atoms with Gasteiger partial charge in [-0.25, -0.2) is 8.78 Å². The number of benzene rings is 1. The number of pyridine rings is 1. The average molecular weight is 388 g/mol. The van der Waals surface area contributed by atoms with Crippen LogP contribution in [0.5, 0.6) is 0 Å². The maximum absolute atomic E-state index is 13.6. The highest BCUT2D eigenvalue weighted by molar-refractivity contribution is 5.94. The Kier molecular flexibility index (Phi) is 6.65. The number of hydrogen-bond acceptors (Lipinski definition) is 4. The van der Waals surface area contributed by atoms with Crippen LogP contribution in [0.15, 0.2) is 42.6 Å². The summed E-state index contributed by atoms with van der Waals surface area (Å²) in [5.74, 6) is -2.39. The molecule has 8 heteroatoms. The van der Waals surface area contributed by atoms with Crippen LogP contribution in [0.3, 0.4) is 0 Å². The first-order valence-corrected chi connectivity index (χ1v) is 9.16. The minimum absolute atomic E-state index is 0.0580. The van der Waals surface area contributed by atoms with Crippen molar-refractivity contribution in [3.05, 3.63) is 65.5 Å². The van der Waals surface area contributed by atoms with Gasteiger partial charge in [-0.15, -0.1) is 0 Å². The van der Waals surface area contributed by atoms with Crippen LogP contribution in [-0.4, -0.2) is 59.3 Å². The highest BCUT2D eigenvalue weighted by atomic mass is 19.1. The Morgan fingerprint density at radius 1 is 1.07 bits per heavy atom. The molecule has 1 saturated heterocycles. The fraction of sp³-hybridized carbons (Fsp3) is 0.350. The van der Waals surface area contributed by atoms with Gasteiger partial charge in [0, 0.05) is 58.0 Å². The lowest BCUT2D eigenvalue weighted by molar-refractivity contribution is -0.132. The van der Waals surface area contributed by atoms with E-state index in [0.29, 0.717) is 19.2 Å². The molecule has 1 aromatic carbocycles. The highest BCUT2D eigenvalue weighted by Crippen LogP contribution is 2.10. The van der Waals surface area contributed by atoms with Crippen LogP contribution in [0.2, 0.25) is 0 Å². The number of nitrogens with one attached hydrogen (secondary N) is 1. The first-order valence-electron chi connectivity index (χ1n) is 9.16. The van der Waals surface area contributed by atoms with E-state index in [1.807, 2.05) is 18.2 Å². The Balaban J connectivity index is 1.39. The van der Waals surface area contributed by atoms with Crippen molar-refractivity contribution < 1.29 is 18.4 Å². The number of carbonyl (C=O) groups excluding carboxylic acids is 2. The summed E-state index contributed by atoms with van der Waals surface area (Å²) in [5.41, 5.74) is 0.759. The second-order valence-electron chi connectivity index (χ2n) is 6.61. The van der Waals surface area contributed by atoms with Crippen LogP contribution in [0.1, 0.15) is 22.5 Å². The molecular formula is C20H22F2N4O2. The van der Waals surface area contributed by atoms with E-state index < -0.39 is 17.5 Å². The molecule has 0 bridgehead atoms. The minimum atomic E-state index is -0.923. The smallest absolute Gasteiger partial charge is 0.254 e. The van der Waals surface area contributed by atoms with Crippen molar-refractivity contribution >= 4 is 11.8 Å². The molecule has 0 radical (unpaired) electrons. The molecular weight excluding hydrogens is 366 g/mol. The molecule has 0 atom stereocenters. The van der Waals surface area contributed by atoms with Gasteiger partial charge < -0.3 is 10.2 Å². The SMILES string of the molecule is O=C(NCCC(=O)N1CCN(Cc2ccccn2)CC1)c1ccc(F)cc1F. The number of halogens is 2. The molecule has 1 fully saturated rings. The second-order valence-corrected chi connectivity index (χ2v) is 6.61. The van der Waals surface area contributed by atoms with Crippen molar-refractivity contribution in [3.8, 4) is 0 Å². The van der Waals surface area contributed by atoms with Gasteiger partial charge in [0.1, 0.15) is 11.6 Å². The largest absolute Gasteiger partial charge is 0.351 e. The van der Waals surface area contributed by atoms with Gasteiger partial charge in [0.05, 0.1) is 11.3 Å². The van der Waals surface area contributed by atoms with Crippen molar-refractivity contribution in [2.75, 3.05) is 32.7 Å². The maximum Gasteiger partial charge on any atom is 0.254 e. The number of aromatic nitrogens is 1. The van der Waals surface area contributed by atoms with Crippen LogP contribution < -0.4 is 5.32 Å². The third kappa shape index (κ3) is 5.32. The molecule has 148 valence electrons. The number of amides is 2. The van der Waals surface area contributed by atoms with Crippen LogP contribution >= 0.6 is 0 Å². The molecule has 6 nitrogen and oxygen atoms in total. The number of piperazine rings is 1. The van der Waals surface area contributed by atoms with Gasteiger partial charge in [-0.2, -0.15) is 0 Å². The van der Waals surface area contributed by atoms with Crippen molar-refractivity contribution in [1.82, 2.24) is 20.1 Å². The summed E-state index contributed by atoms with van der Waals surface area (Å²) < 4.78 is 26.5. The molecule has 0 spiro atoms. The third-order valence-corrected chi connectivity index (χ3v) is 4.64. The molecule has 1 N–H and O–H groups in total. The van der Waals surface area contributed by atoms with Crippen molar-refractivity contribution in [3.63, 3.8) is 0 Å². The summed E-state index contributed by atoms with van der Waals surface area (Å²) in [4.78, 5) is 32.6. The van der Waals surface area contributed by atoms with Crippen LogP contribution in [0, 0.1) is 11.6 Å². The molecule has 1 aliphatic heterocycles. The number of nitrogens with zero attached hydrogens (tertiary/aromatic N) is 3. The summed E-state index contributed by atoms with van der Waals surface area (Å²) in [6, 6.07) is 8.57. The van der Waals surface area contributed by atoms with Crippen LogP contribution in [-0.2, 0) is 11.3 Å². The van der Waals surface area contributed by atoms with Gasteiger partial charge in [0.25, 0.3) is 5.91 Å². The maximum atomic E-state index is 13.6. The molecule has 0 saturated carbocycles. The Hall–Kier alpha value is -2.87. The van der Waals surface area contributed by atoms with E-state index in [0.717, 1.165) is 37.5 Å². The van der Waals surface area contributed by atoms with Crippen molar-refractivity contribution in [2.45, 2.75) is 13.0 Å². The lowest BCUT2D eigenvalue weighted by Gasteiger charge is -2.34. The molecule has 0 aliphatic carbocycles. The van der Waals surface area contributed by atoms with Crippen molar-refractivity contribution in [2.24, 2.45) is 0 Å². The van der Waals surface area contributed by atoms with E-state index in [1.165, 1.54) is 0 Å². The fourth-order valence-corrected chi connectivity index (χ4v) is 3.09. The van der Waals surface area contributed by atoms with E-state index in [-0.39, 0.29) is 24.4 Å². The summed E-state index contributed by atoms with van der Waals surface area (Å²) in [7, 11) is 0. The lowest BCUT2D eigenvalue weighted by atomic mass is 10.2. The second kappa shape index (κ2) is 9.36. The molecule has 28 heavy (non-hydrogen) atoms. The van der Waals surface area contributed by atoms with E-state index in [2.05, 4.69) is 15.2 Å². The van der Waals surface area contributed by atoms with Gasteiger partial charge in [-0.05, 0) is 24.3 Å². The summed E-state index contributed by atoms with van der Waals surface area (Å²) in [5, 5.41) is 2.50. The Labute approximate surface area is 162 Å². The molecule has 1 aliphatic rings. The number of rotatable bonds is 6. The third-order valence-electron chi connectivity index (χ3n) is 4.64. The van der Waals surface area contributed by atoms with E-state index in [9.17, 15) is 18.4 Å². The monoisotopic (exact) mass is 388 g/mol. The zero-order chi connectivity index (χ0) is 19.9. The molecule has 3 rings (SSSR count). The lowest BCUT2D eigenvalue weighted by Crippen LogP contribution is -2.48. The average Bonchev–Trinajstić information content (AvgIpc) is 2.69. The van der Waals surface area contributed by atoms with Crippen molar-refractivity contribution in [1.29, 1.82) is 0 Å². The predicted molar refractivity (Wildman–Crippen MR) is 99.4 cm³/mol. The molecule has 2 amide bonds. The van der Waals surface area contributed by atoms with E-state index in [4.69, 9.17) is 0 Å². The van der Waals surface area contributed by atoms with Gasteiger partial charge in [0.2, 0.25) is 5.91 Å². The van der Waals surface area contributed by atoms with Crippen LogP contribution in [0.4, 0.5) is 8.78 Å².